The summed E-state index contributed by atoms with van der Waals surface area (Å²) in [5, 5.41) is 5.74. The number of amides is 3. The first kappa shape index (κ1) is 20.0. The predicted octanol–water partition coefficient (Wildman–Crippen LogP) is 6.08. The van der Waals surface area contributed by atoms with Crippen LogP contribution in [-0.4, -0.2) is 18.5 Å². The van der Waals surface area contributed by atoms with E-state index in [9.17, 15) is 9.59 Å². The van der Waals surface area contributed by atoms with Crippen molar-refractivity contribution in [2.75, 3.05) is 22.1 Å². The molecule has 0 unspecified atom stereocenters. The lowest BCUT2D eigenvalue weighted by atomic mass is 10.1. The number of nitrogens with zero attached hydrogens (tertiary/aromatic N) is 1. The molecule has 30 heavy (non-hydrogen) atoms. The maximum Gasteiger partial charge on any atom is 0.323 e. The van der Waals surface area contributed by atoms with Gasteiger partial charge in [0.05, 0.1) is 11.3 Å². The lowest BCUT2D eigenvalue weighted by Crippen LogP contribution is -2.30. The van der Waals surface area contributed by atoms with Crippen molar-refractivity contribution in [3.8, 4) is 0 Å². The fourth-order valence-electron chi connectivity index (χ4n) is 3.42. The van der Waals surface area contributed by atoms with Crippen LogP contribution in [0.2, 0.25) is 0 Å². The zero-order valence-corrected chi connectivity index (χ0v) is 18.0. The molecule has 0 saturated carbocycles. The molecule has 1 aliphatic heterocycles. The van der Waals surface area contributed by atoms with Gasteiger partial charge in [0.25, 0.3) is 5.91 Å². The number of benzene rings is 3. The van der Waals surface area contributed by atoms with Crippen molar-refractivity contribution in [1.82, 2.24) is 0 Å². The summed E-state index contributed by atoms with van der Waals surface area (Å²) < 4.78 is 0. The van der Waals surface area contributed by atoms with Crippen LogP contribution in [0.3, 0.4) is 0 Å². The molecule has 0 aliphatic carbocycles. The van der Waals surface area contributed by atoms with Crippen LogP contribution in [0.4, 0.5) is 21.9 Å². The molecule has 0 fully saturated rings. The highest BCUT2D eigenvalue weighted by Gasteiger charge is 2.26. The van der Waals surface area contributed by atoms with Gasteiger partial charge in [-0.2, -0.15) is 0 Å². The van der Waals surface area contributed by atoms with E-state index in [1.165, 1.54) is 5.56 Å². The lowest BCUT2D eigenvalue weighted by Gasteiger charge is -2.22. The van der Waals surface area contributed by atoms with Gasteiger partial charge in [0.1, 0.15) is 0 Å². The number of hydrogen-bond acceptors (Lipinski definition) is 3. The van der Waals surface area contributed by atoms with E-state index in [1.54, 1.807) is 16.7 Å². The standard InChI is InChI=1S/C24H23N3O2S/c1-4-27-20-14-18(26-24(29)25-17-10-9-15(2)16(3)13-17)11-12-22(20)30-21-8-6-5-7-19(21)23(27)28/h5-14H,4H2,1-3H3,(H2,25,26,29). The molecule has 4 rings (SSSR count). The van der Waals surface area contributed by atoms with Crippen molar-refractivity contribution >= 4 is 40.8 Å². The van der Waals surface area contributed by atoms with Gasteiger partial charge < -0.3 is 15.5 Å². The summed E-state index contributed by atoms with van der Waals surface area (Å²) in [4.78, 5) is 29.2. The second kappa shape index (κ2) is 8.24. The van der Waals surface area contributed by atoms with Crippen LogP contribution in [-0.2, 0) is 0 Å². The first-order chi connectivity index (χ1) is 14.5. The molecule has 0 aromatic heterocycles. The Kier molecular flexibility index (Phi) is 5.50. The third kappa shape index (κ3) is 3.91. The van der Waals surface area contributed by atoms with Crippen molar-refractivity contribution in [3.05, 3.63) is 77.4 Å². The summed E-state index contributed by atoms with van der Waals surface area (Å²) in [6.45, 7) is 6.54. The van der Waals surface area contributed by atoms with Crippen molar-refractivity contribution < 1.29 is 9.59 Å². The van der Waals surface area contributed by atoms with Gasteiger partial charge >= 0.3 is 6.03 Å². The molecule has 3 amide bonds. The summed E-state index contributed by atoms with van der Waals surface area (Å²) >= 11 is 1.57. The number of rotatable bonds is 3. The van der Waals surface area contributed by atoms with Gasteiger partial charge in [-0.05, 0) is 74.4 Å². The highest BCUT2D eigenvalue weighted by Crippen LogP contribution is 2.42. The highest BCUT2D eigenvalue weighted by atomic mass is 32.2. The van der Waals surface area contributed by atoms with Crippen molar-refractivity contribution in [3.63, 3.8) is 0 Å². The van der Waals surface area contributed by atoms with Crippen LogP contribution in [0.25, 0.3) is 0 Å². The van der Waals surface area contributed by atoms with Gasteiger partial charge in [-0.15, -0.1) is 0 Å². The van der Waals surface area contributed by atoms with E-state index < -0.39 is 0 Å². The average Bonchev–Trinajstić information content (AvgIpc) is 2.84. The first-order valence-corrected chi connectivity index (χ1v) is 10.7. The van der Waals surface area contributed by atoms with E-state index in [4.69, 9.17) is 0 Å². The van der Waals surface area contributed by atoms with Gasteiger partial charge in [0.2, 0.25) is 0 Å². The summed E-state index contributed by atoms with van der Waals surface area (Å²) in [6.07, 6.45) is 0. The Morgan fingerprint density at radius 2 is 1.60 bits per heavy atom. The molecule has 0 radical (unpaired) electrons. The number of fused-ring (bicyclic) bond motifs is 2. The van der Waals surface area contributed by atoms with Gasteiger partial charge in [0.15, 0.2) is 0 Å². The fourth-order valence-corrected chi connectivity index (χ4v) is 4.48. The van der Waals surface area contributed by atoms with E-state index in [0.29, 0.717) is 17.8 Å². The molecule has 2 N–H and O–H groups in total. The van der Waals surface area contributed by atoms with Crippen LogP contribution in [0, 0.1) is 13.8 Å². The number of urea groups is 1. The molecule has 5 nitrogen and oxygen atoms in total. The second-order valence-corrected chi connectivity index (χ2v) is 8.29. The zero-order valence-electron chi connectivity index (χ0n) is 17.2. The number of anilines is 3. The number of carbonyl (C=O) groups is 2. The summed E-state index contributed by atoms with van der Waals surface area (Å²) in [7, 11) is 0. The molecule has 0 bridgehead atoms. The van der Waals surface area contributed by atoms with E-state index in [2.05, 4.69) is 10.6 Å². The molecule has 152 valence electrons. The average molecular weight is 418 g/mol. The molecule has 1 heterocycles. The maximum atomic E-state index is 13.1. The Hall–Kier alpha value is -3.25. The second-order valence-electron chi connectivity index (χ2n) is 7.21. The van der Waals surface area contributed by atoms with Gasteiger partial charge in [-0.1, -0.05) is 30.0 Å². The van der Waals surface area contributed by atoms with Crippen LogP contribution in [0.5, 0.6) is 0 Å². The molecule has 1 aliphatic rings. The molecule has 0 spiro atoms. The number of carbonyl (C=O) groups excluding carboxylic acids is 2. The quantitative estimate of drug-likeness (QED) is 0.543. The Morgan fingerprint density at radius 3 is 2.33 bits per heavy atom. The first-order valence-electron chi connectivity index (χ1n) is 9.84. The Morgan fingerprint density at radius 1 is 0.900 bits per heavy atom. The zero-order chi connectivity index (χ0) is 21.3. The van der Waals surface area contributed by atoms with Crippen LogP contribution < -0.4 is 15.5 Å². The largest absolute Gasteiger partial charge is 0.323 e. The Balaban J connectivity index is 1.59. The maximum absolute atomic E-state index is 13.1. The molecule has 0 saturated heterocycles. The highest BCUT2D eigenvalue weighted by molar-refractivity contribution is 7.99. The van der Waals surface area contributed by atoms with Crippen LogP contribution in [0.1, 0.15) is 28.4 Å². The topological polar surface area (TPSA) is 61.4 Å². The Bertz CT molecular complexity index is 1140. The molecule has 3 aromatic carbocycles. The van der Waals surface area contributed by atoms with Gasteiger partial charge in [-0.25, -0.2) is 4.79 Å². The molecular formula is C24H23N3O2S. The minimum absolute atomic E-state index is 0.0314. The van der Waals surface area contributed by atoms with Gasteiger partial charge in [-0.3, -0.25) is 4.79 Å². The smallest absolute Gasteiger partial charge is 0.308 e. The molecule has 3 aromatic rings. The summed E-state index contributed by atoms with van der Waals surface area (Å²) in [5.41, 5.74) is 5.16. The van der Waals surface area contributed by atoms with E-state index in [-0.39, 0.29) is 11.9 Å². The number of nitrogens with one attached hydrogen (secondary N) is 2. The summed E-state index contributed by atoms with van der Waals surface area (Å²) in [5.74, 6) is -0.0314. The molecule has 0 atom stereocenters. The van der Waals surface area contributed by atoms with E-state index >= 15 is 0 Å². The monoisotopic (exact) mass is 417 g/mol. The van der Waals surface area contributed by atoms with Crippen molar-refractivity contribution in [2.45, 2.75) is 30.6 Å². The minimum atomic E-state index is -0.322. The molecule has 6 heteroatoms. The third-order valence-electron chi connectivity index (χ3n) is 5.17. The fraction of sp³-hybridized carbons (Fsp3) is 0.167. The predicted molar refractivity (Wildman–Crippen MR) is 123 cm³/mol. The van der Waals surface area contributed by atoms with Crippen LogP contribution >= 0.6 is 11.8 Å². The normalized spacial score (nSPS) is 12.6. The van der Waals surface area contributed by atoms with Crippen molar-refractivity contribution in [1.29, 1.82) is 0 Å². The Labute approximate surface area is 180 Å². The number of aryl methyl sites for hydroxylation is 2. The van der Waals surface area contributed by atoms with E-state index in [0.717, 1.165) is 26.7 Å². The number of hydrogen-bond donors (Lipinski definition) is 2. The van der Waals surface area contributed by atoms with Gasteiger partial charge in [0, 0.05) is 27.7 Å². The van der Waals surface area contributed by atoms with Crippen LogP contribution in [0.15, 0.2) is 70.5 Å². The molecular weight excluding hydrogens is 394 g/mol. The summed E-state index contributed by atoms with van der Waals surface area (Å²) in [6, 6.07) is 18.8. The third-order valence-corrected chi connectivity index (χ3v) is 6.31. The lowest BCUT2D eigenvalue weighted by molar-refractivity contribution is 0.0985. The van der Waals surface area contributed by atoms with E-state index in [1.807, 2.05) is 81.4 Å². The SMILES string of the molecule is CCN1C(=O)c2ccccc2Sc2ccc(NC(=O)Nc3ccc(C)c(C)c3)cc21. The van der Waals surface area contributed by atoms with Crippen molar-refractivity contribution in [2.24, 2.45) is 0 Å². The minimum Gasteiger partial charge on any atom is -0.308 e.